The van der Waals surface area contributed by atoms with Crippen LogP contribution in [-0.2, 0) is 0 Å². The van der Waals surface area contributed by atoms with Gasteiger partial charge in [-0.25, -0.2) is 0 Å². The molecule has 0 saturated carbocycles. The summed E-state index contributed by atoms with van der Waals surface area (Å²) in [5.41, 5.74) is 0. The van der Waals surface area contributed by atoms with E-state index in [0.717, 1.165) is 13.0 Å². The van der Waals surface area contributed by atoms with E-state index in [9.17, 15) is 9.50 Å². The number of aliphatic hydroxyl groups is 1. The summed E-state index contributed by atoms with van der Waals surface area (Å²) in [5, 5.41) is 12.3. The highest BCUT2D eigenvalue weighted by Gasteiger charge is 2.21. The Morgan fingerprint density at radius 2 is 2.40 bits per heavy atom. The maximum atomic E-state index is 11.8. The summed E-state index contributed by atoms with van der Waals surface area (Å²) >= 11 is 0. The van der Waals surface area contributed by atoms with E-state index < -0.39 is 0 Å². The highest BCUT2D eigenvalue weighted by Crippen LogP contribution is 2.16. The zero-order chi connectivity index (χ0) is 7.40. The van der Waals surface area contributed by atoms with E-state index in [1.807, 2.05) is 0 Å². The van der Waals surface area contributed by atoms with Crippen molar-refractivity contribution in [1.82, 2.24) is 5.32 Å². The van der Waals surface area contributed by atoms with Crippen molar-refractivity contribution in [2.24, 2.45) is 5.92 Å². The number of alkyl halides is 1. The van der Waals surface area contributed by atoms with Crippen LogP contribution in [0, 0.1) is 5.92 Å². The van der Waals surface area contributed by atoms with Gasteiger partial charge in [-0.2, -0.15) is 0 Å². The highest BCUT2D eigenvalue weighted by atomic mass is 19.1. The van der Waals surface area contributed by atoms with Crippen LogP contribution in [-0.4, -0.2) is 31.0 Å². The fourth-order valence-corrected chi connectivity index (χ4v) is 1.37. The summed E-state index contributed by atoms with van der Waals surface area (Å²) in [6.07, 6.45) is 1.10. The molecule has 10 heavy (non-hydrogen) atoms. The Balaban J connectivity index is 2.25. The Bertz CT molecular complexity index is 97.6. The van der Waals surface area contributed by atoms with Crippen molar-refractivity contribution in [3.05, 3.63) is 0 Å². The van der Waals surface area contributed by atoms with E-state index in [1.54, 1.807) is 0 Å². The molecule has 2 unspecified atom stereocenters. The first-order chi connectivity index (χ1) is 4.84. The molecule has 0 aromatic carbocycles. The molecule has 1 fully saturated rings. The molecule has 2 atom stereocenters. The van der Waals surface area contributed by atoms with Gasteiger partial charge in [0.25, 0.3) is 0 Å². The summed E-state index contributed by atoms with van der Waals surface area (Å²) in [7, 11) is 0. The van der Waals surface area contributed by atoms with Gasteiger partial charge in [0.15, 0.2) is 0 Å². The summed E-state index contributed by atoms with van der Waals surface area (Å²) in [6, 6.07) is 0. The predicted octanol–water partition coefficient (Wildman–Crippen LogP) is 0.316. The van der Waals surface area contributed by atoms with E-state index in [4.69, 9.17) is 0 Å². The first kappa shape index (κ1) is 7.95. The molecule has 0 radical (unpaired) electrons. The lowest BCUT2D eigenvalue weighted by Gasteiger charge is -2.27. The van der Waals surface area contributed by atoms with Crippen LogP contribution in [0.25, 0.3) is 0 Å². The van der Waals surface area contributed by atoms with Crippen molar-refractivity contribution < 1.29 is 9.50 Å². The topological polar surface area (TPSA) is 32.3 Å². The fraction of sp³-hybridized carbons (Fsp3) is 1.00. The highest BCUT2D eigenvalue weighted by molar-refractivity contribution is 4.76. The van der Waals surface area contributed by atoms with Crippen molar-refractivity contribution in [1.29, 1.82) is 0 Å². The van der Waals surface area contributed by atoms with E-state index in [1.165, 1.54) is 0 Å². The largest absolute Gasteiger partial charge is 0.392 e. The second-order valence-corrected chi connectivity index (χ2v) is 2.80. The molecule has 1 rings (SSSR count). The van der Waals surface area contributed by atoms with E-state index >= 15 is 0 Å². The van der Waals surface area contributed by atoms with Crippen molar-refractivity contribution in [2.75, 3.05) is 19.8 Å². The Labute approximate surface area is 60.4 Å². The monoisotopic (exact) mass is 147 g/mol. The van der Waals surface area contributed by atoms with Crippen molar-refractivity contribution in [3.8, 4) is 0 Å². The quantitative estimate of drug-likeness (QED) is 0.589. The number of halogens is 1. The van der Waals surface area contributed by atoms with Crippen LogP contribution >= 0.6 is 0 Å². The van der Waals surface area contributed by atoms with Crippen LogP contribution in [0.15, 0.2) is 0 Å². The van der Waals surface area contributed by atoms with E-state index in [0.29, 0.717) is 13.0 Å². The molecule has 2 nitrogen and oxygen atoms in total. The molecule has 1 aliphatic heterocycles. The first-order valence-electron chi connectivity index (χ1n) is 3.79. The summed E-state index contributed by atoms with van der Waals surface area (Å²) in [4.78, 5) is 0. The molecule has 0 aromatic heterocycles. The van der Waals surface area contributed by atoms with Crippen LogP contribution in [0.4, 0.5) is 4.39 Å². The Morgan fingerprint density at radius 3 is 3.00 bits per heavy atom. The minimum absolute atomic E-state index is 0.186. The molecule has 0 aliphatic carbocycles. The number of nitrogens with one attached hydrogen (secondary N) is 1. The molecule has 1 aliphatic rings. The third kappa shape index (κ3) is 1.92. The molecule has 0 amide bonds. The van der Waals surface area contributed by atoms with Gasteiger partial charge in [-0.1, -0.05) is 0 Å². The molecule has 0 bridgehead atoms. The number of piperidine rings is 1. The van der Waals surface area contributed by atoms with Gasteiger partial charge in [0.05, 0.1) is 12.8 Å². The van der Waals surface area contributed by atoms with Crippen LogP contribution in [0.5, 0.6) is 0 Å². The van der Waals surface area contributed by atoms with Gasteiger partial charge < -0.3 is 10.4 Å². The standard InChI is InChI=1S/C7H14FNO/c8-3-1-6-2-4-9-5-7(6)10/h6-7,9-10H,1-5H2. The van der Waals surface area contributed by atoms with Gasteiger partial charge in [-0.3, -0.25) is 4.39 Å². The Morgan fingerprint density at radius 1 is 1.60 bits per heavy atom. The minimum Gasteiger partial charge on any atom is -0.392 e. The van der Waals surface area contributed by atoms with Gasteiger partial charge >= 0.3 is 0 Å². The Hall–Kier alpha value is -0.150. The number of aliphatic hydroxyl groups excluding tert-OH is 1. The lowest BCUT2D eigenvalue weighted by atomic mass is 9.92. The number of hydrogen-bond acceptors (Lipinski definition) is 2. The van der Waals surface area contributed by atoms with Crippen LogP contribution in [0.3, 0.4) is 0 Å². The van der Waals surface area contributed by atoms with Gasteiger partial charge in [0, 0.05) is 6.54 Å². The average molecular weight is 147 g/mol. The predicted molar refractivity (Wildman–Crippen MR) is 37.6 cm³/mol. The zero-order valence-corrected chi connectivity index (χ0v) is 6.02. The number of β-amino-alcohol motifs (C(OH)–C–C–N with tert-alkyl or cyclic N) is 1. The van der Waals surface area contributed by atoms with Gasteiger partial charge in [-0.05, 0) is 25.3 Å². The summed E-state index contributed by atoms with van der Waals surface area (Å²) < 4.78 is 11.8. The minimum atomic E-state index is -0.329. The van der Waals surface area contributed by atoms with Gasteiger partial charge in [0.1, 0.15) is 0 Å². The summed E-state index contributed by atoms with van der Waals surface area (Å²) in [5.74, 6) is 0.186. The molecular formula is C7H14FNO. The third-order valence-electron chi connectivity index (χ3n) is 2.07. The fourth-order valence-electron chi connectivity index (χ4n) is 1.37. The second kappa shape index (κ2) is 3.88. The van der Waals surface area contributed by atoms with E-state index in [-0.39, 0.29) is 18.7 Å². The number of rotatable bonds is 2. The zero-order valence-electron chi connectivity index (χ0n) is 6.02. The smallest absolute Gasteiger partial charge is 0.0898 e. The lowest BCUT2D eigenvalue weighted by Crippen LogP contribution is -2.40. The van der Waals surface area contributed by atoms with Crippen LogP contribution < -0.4 is 5.32 Å². The number of hydrogen-bond donors (Lipinski definition) is 2. The molecule has 2 N–H and O–H groups in total. The summed E-state index contributed by atoms with van der Waals surface area (Å²) in [6.45, 7) is 1.24. The molecule has 1 heterocycles. The average Bonchev–Trinajstić information content (AvgIpc) is 1.94. The molecular weight excluding hydrogens is 133 g/mol. The third-order valence-corrected chi connectivity index (χ3v) is 2.07. The Kier molecular flexibility index (Phi) is 3.09. The molecule has 60 valence electrons. The van der Waals surface area contributed by atoms with Crippen LogP contribution in [0.1, 0.15) is 12.8 Å². The van der Waals surface area contributed by atoms with Gasteiger partial charge in [0.2, 0.25) is 0 Å². The van der Waals surface area contributed by atoms with E-state index in [2.05, 4.69) is 5.32 Å². The normalized spacial score (nSPS) is 34.2. The van der Waals surface area contributed by atoms with Crippen LogP contribution in [0.2, 0.25) is 0 Å². The second-order valence-electron chi connectivity index (χ2n) is 2.80. The lowest BCUT2D eigenvalue weighted by molar-refractivity contribution is 0.0732. The molecule has 1 saturated heterocycles. The molecule has 0 aromatic rings. The maximum Gasteiger partial charge on any atom is 0.0898 e. The maximum absolute atomic E-state index is 11.8. The van der Waals surface area contributed by atoms with Crippen molar-refractivity contribution in [3.63, 3.8) is 0 Å². The van der Waals surface area contributed by atoms with Crippen molar-refractivity contribution >= 4 is 0 Å². The molecule has 3 heteroatoms. The SMILES string of the molecule is OC1CNCCC1CCF. The first-order valence-corrected chi connectivity index (χ1v) is 3.79. The van der Waals surface area contributed by atoms with Crippen molar-refractivity contribution in [2.45, 2.75) is 18.9 Å². The van der Waals surface area contributed by atoms with Gasteiger partial charge in [-0.15, -0.1) is 0 Å². The molecule has 0 spiro atoms.